The zero-order valence-electron chi connectivity index (χ0n) is 17.1. The summed E-state index contributed by atoms with van der Waals surface area (Å²) in [6.07, 6.45) is 3.90. The van der Waals surface area contributed by atoms with E-state index < -0.39 is 22.7 Å². The number of ketones is 1. The number of nitrogens with zero attached hydrogens (tertiary/aromatic N) is 1. The van der Waals surface area contributed by atoms with E-state index in [9.17, 15) is 14.7 Å². The van der Waals surface area contributed by atoms with Crippen LogP contribution in [-0.4, -0.2) is 47.3 Å². The maximum absolute atomic E-state index is 13.2. The van der Waals surface area contributed by atoms with Crippen molar-refractivity contribution in [1.82, 2.24) is 0 Å². The first-order valence-corrected chi connectivity index (χ1v) is 10.5. The number of hydrogen-bond donors (Lipinski definition) is 1. The molecular formula is C23H27NO5. The van der Waals surface area contributed by atoms with Crippen molar-refractivity contribution in [1.29, 1.82) is 0 Å². The lowest BCUT2D eigenvalue weighted by atomic mass is 9.64. The fourth-order valence-electron chi connectivity index (χ4n) is 6.01. The molecule has 6 nitrogen and oxygen atoms in total. The van der Waals surface area contributed by atoms with Crippen molar-refractivity contribution in [3.63, 3.8) is 0 Å². The zero-order chi connectivity index (χ0) is 20.6. The van der Waals surface area contributed by atoms with Crippen LogP contribution < -0.4 is 9.64 Å². The number of para-hydroxylation sites is 2. The molecular weight excluding hydrogens is 370 g/mol. The van der Waals surface area contributed by atoms with Gasteiger partial charge in [-0.25, -0.2) is 4.79 Å². The number of anilines is 1. The Bertz CT molecular complexity index is 928. The van der Waals surface area contributed by atoms with Gasteiger partial charge in [-0.15, -0.1) is 0 Å². The summed E-state index contributed by atoms with van der Waals surface area (Å²) >= 11 is 0. The Morgan fingerprint density at radius 1 is 1.28 bits per heavy atom. The van der Waals surface area contributed by atoms with Gasteiger partial charge in [-0.2, -0.15) is 0 Å². The van der Waals surface area contributed by atoms with Gasteiger partial charge in [-0.1, -0.05) is 19.1 Å². The van der Waals surface area contributed by atoms with E-state index in [1.165, 1.54) is 6.08 Å². The quantitative estimate of drug-likeness (QED) is 0.624. The minimum Gasteiger partial charge on any atom is -0.492 e. The molecule has 1 saturated carbocycles. The van der Waals surface area contributed by atoms with Gasteiger partial charge in [0.25, 0.3) is 0 Å². The molecule has 29 heavy (non-hydrogen) atoms. The number of aliphatic hydroxyl groups is 1. The molecule has 1 N–H and O–H groups in total. The predicted octanol–water partition coefficient (Wildman–Crippen LogP) is 2.49. The van der Waals surface area contributed by atoms with Crippen LogP contribution in [0.25, 0.3) is 0 Å². The van der Waals surface area contributed by atoms with Crippen LogP contribution in [0.2, 0.25) is 0 Å². The molecule has 2 aliphatic heterocycles. The topological polar surface area (TPSA) is 75.8 Å². The molecule has 6 heteroatoms. The van der Waals surface area contributed by atoms with Gasteiger partial charge < -0.3 is 19.5 Å². The molecule has 2 saturated heterocycles. The smallest absolute Gasteiger partial charge is 0.334 e. The molecule has 0 bridgehead atoms. The molecule has 2 aliphatic carbocycles. The van der Waals surface area contributed by atoms with Crippen LogP contribution in [0.3, 0.4) is 0 Å². The number of allylic oxidation sites excluding steroid dienone is 1. The second kappa shape index (κ2) is 5.85. The maximum Gasteiger partial charge on any atom is 0.334 e. The summed E-state index contributed by atoms with van der Waals surface area (Å²) in [5.74, 6) is 0.0352. The monoisotopic (exact) mass is 397 g/mol. The summed E-state index contributed by atoms with van der Waals surface area (Å²) in [7, 11) is 0. The van der Waals surface area contributed by atoms with Gasteiger partial charge in [0, 0.05) is 5.92 Å². The lowest BCUT2D eigenvalue weighted by Gasteiger charge is -2.43. The van der Waals surface area contributed by atoms with Gasteiger partial charge >= 0.3 is 5.97 Å². The standard InChI is InChI=1S/C23H27NO5/c1-4-28-17-8-6-5-7-16(17)24-13-22(24)15-10-9-14(2)23(27)12-11-18(25)21(23,3)19(15)29-20(22)26/h5-8,11-12,14-15,19,27H,4,9-10,13H2,1-3H3/t14-,15?,19?,21-,22?,23+,24?/m0/s1. The first-order valence-electron chi connectivity index (χ1n) is 10.5. The molecule has 0 amide bonds. The minimum atomic E-state index is -1.29. The number of rotatable bonds is 3. The van der Waals surface area contributed by atoms with E-state index in [0.29, 0.717) is 13.2 Å². The summed E-state index contributed by atoms with van der Waals surface area (Å²) in [6.45, 7) is 6.76. The van der Waals surface area contributed by atoms with E-state index in [0.717, 1.165) is 24.3 Å². The number of ether oxygens (including phenoxy) is 2. The summed E-state index contributed by atoms with van der Waals surface area (Å²) < 4.78 is 11.7. The van der Waals surface area contributed by atoms with E-state index in [-0.39, 0.29) is 23.6 Å². The SMILES string of the molecule is CCOc1ccccc1N1CC12C(=O)OC1C2CC[C@H](C)[C@]2(O)C=CC(=O)[C@@]12C. The lowest BCUT2D eigenvalue weighted by Crippen LogP contribution is -2.57. The zero-order valence-corrected chi connectivity index (χ0v) is 17.1. The van der Waals surface area contributed by atoms with Crippen LogP contribution in [0.5, 0.6) is 5.75 Å². The number of hydrogen-bond acceptors (Lipinski definition) is 6. The summed E-state index contributed by atoms with van der Waals surface area (Å²) in [5, 5.41) is 11.5. The molecule has 0 aromatic heterocycles. The Morgan fingerprint density at radius 2 is 2.03 bits per heavy atom. The Labute approximate surface area is 170 Å². The second-order valence-corrected chi connectivity index (χ2v) is 9.05. The third-order valence-corrected chi connectivity index (χ3v) is 7.86. The highest BCUT2D eigenvalue weighted by atomic mass is 16.6. The van der Waals surface area contributed by atoms with Crippen molar-refractivity contribution in [3.8, 4) is 5.75 Å². The van der Waals surface area contributed by atoms with E-state index in [2.05, 4.69) is 4.90 Å². The Morgan fingerprint density at radius 3 is 2.79 bits per heavy atom. The highest BCUT2D eigenvalue weighted by Crippen LogP contribution is 2.62. The predicted molar refractivity (Wildman–Crippen MR) is 107 cm³/mol. The second-order valence-electron chi connectivity index (χ2n) is 9.05. The van der Waals surface area contributed by atoms with Crippen LogP contribution in [-0.2, 0) is 14.3 Å². The number of esters is 1. The van der Waals surface area contributed by atoms with Crippen molar-refractivity contribution < 1.29 is 24.2 Å². The molecule has 3 unspecified atom stereocenters. The molecule has 3 fully saturated rings. The van der Waals surface area contributed by atoms with Gasteiger partial charge in [-0.3, -0.25) is 4.79 Å². The fourth-order valence-corrected chi connectivity index (χ4v) is 6.01. The minimum absolute atomic E-state index is 0.0977. The van der Waals surface area contributed by atoms with Crippen LogP contribution in [0.1, 0.15) is 33.6 Å². The average molecular weight is 397 g/mol. The van der Waals surface area contributed by atoms with Crippen molar-refractivity contribution >= 4 is 17.4 Å². The Hall–Kier alpha value is -2.34. The molecule has 5 rings (SSSR count). The Kier molecular flexibility index (Phi) is 3.77. The van der Waals surface area contributed by atoms with Crippen molar-refractivity contribution in [2.24, 2.45) is 17.3 Å². The fraction of sp³-hybridized carbons (Fsp3) is 0.565. The number of benzene rings is 1. The van der Waals surface area contributed by atoms with Crippen LogP contribution in [0, 0.1) is 17.3 Å². The Balaban J connectivity index is 1.56. The van der Waals surface area contributed by atoms with Crippen LogP contribution in [0.15, 0.2) is 36.4 Å². The molecule has 4 aliphatic rings. The van der Waals surface area contributed by atoms with Gasteiger partial charge in [0.15, 0.2) is 11.3 Å². The molecule has 6 atom stereocenters. The third-order valence-electron chi connectivity index (χ3n) is 7.86. The van der Waals surface area contributed by atoms with Crippen molar-refractivity contribution in [2.75, 3.05) is 18.1 Å². The molecule has 1 spiro atoms. The van der Waals surface area contributed by atoms with Gasteiger partial charge in [0.2, 0.25) is 0 Å². The third kappa shape index (κ3) is 2.10. The number of carbonyl (C=O) groups excluding carboxylic acids is 2. The number of fused-ring (bicyclic) bond motifs is 4. The van der Waals surface area contributed by atoms with Crippen molar-refractivity contribution in [2.45, 2.75) is 50.9 Å². The van der Waals surface area contributed by atoms with E-state index in [4.69, 9.17) is 9.47 Å². The van der Waals surface area contributed by atoms with E-state index in [1.54, 1.807) is 13.0 Å². The van der Waals surface area contributed by atoms with E-state index >= 15 is 0 Å². The summed E-state index contributed by atoms with van der Waals surface area (Å²) in [6, 6.07) is 7.71. The molecule has 1 aromatic rings. The average Bonchev–Trinajstić information content (AvgIpc) is 3.34. The molecule has 0 radical (unpaired) electrons. The van der Waals surface area contributed by atoms with Crippen molar-refractivity contribution in [3.05, 3.63) is 36.4 Å². The lowest BCUT2D eigenvalue weighted by molar-refractivity contribution is -0.166. The highest BCUT2D eigenvalue weighted by Gasteiger charge is 2.77. The summed E-state index contributed by atoms with van der Waals surface area (Å²) in [5.41, 5.74) is -2.35. The highest BCUT2D eigenvalue weighted by molar-refractivity contribution is 6.02. The van der Waals surface area contributed by atoms with Crippen LogP contribution >= 0.6 is 0 Å². The van der Waals surface area contributed by atoms with Gasteiger partial charge in [0.05, 0.1) is 24.3 Å². The maximum atomic E-state index is 13.2. The normalized spacial score (nSPS) is 42.5. The number of carbonyl (C=O) groups is 2. The van der Waals surface area contributed by atoms with E-state index in [1.807, 2.05) is 38.1 Å². The molecule has 154 valence electrons. The molecule has 1 aromatic carbocycles. The largest absolute Gasteiger partial charge is 0.492 e. The first kappa shape index (κ1) is 18.7. The first-order chi connectivity index (χ1) is 13.8. The van der Waals surface area contributed by atoms with Crippen LogP contribution in [0.4, 0.5) is 5.69 Å². The van der Waals surface area contributed by atoms with Gasteiger partial charge in [0.1, 0.15) is 17.5 Å². The summed E-state index contributed by atoms with van der Waals surface area (Å²) in [4.78, 5) is 28.2. The molecule has 2 heterocycles. The van der Waals surface area contributed by atoms with Gasteiger partial charge in [-0.05, 0) is 56.9 Å².